The highest BCUT2D eigenvalue weighted by atomic mass is 16.5. The lowest BCUT2D eigenvalue weighted by atomic mass is 9.97. The van der Waals surface area contributed by atoms with E-state index in [9.17, 15) is 4.79 Å². The fourth-order valence-electron chi connectivity index (χ4n) is 2.69. The lowest BCUT2D eigenvalue weighted by molar-refractivity contribution is -0.136. The normalized spacial score (nSPS) is 17.2. The number of nitrogens with one attached hydrogen (secondary N) is 1. The SMILES string of the molecule is COc1ccc2c(c1)C(CCNCCC(=O)O)CC2. The number of ether oxygens (including phenoxy) is 1. The second-order valence-corrected chi connectivity index (χ2v) is 4.98. The number of carboxylic acid groups (broad SMARTS) is 1. The van der Waals surface area contributed by atoms with Crippen LogP contribution >= 0.6 is 0 Å². The summed E-state index contributed by atoms with van der Waals surface area (Å²) in [7, 11) is 1.69. The summed E-state index contributed by atoms with van der Waals surface area (Å²) in [5, 5.41) is 11.7. The van der Waals surface area contributed by atoms with Crippen LogP contribution in [0.4, 0.5) is 0 Å². The predicted molar refractivity (Wildman–Crippen MR) is 73.8 cm³/mol. The van der Waals surface area contributed by atoms with Gasteiger partial charge in [0.25, 0.3) is 0 Å². The van der Waals surface area contributed by atoms with E-state index in [0.29, 0.717) is 12.5 Å². The molecule has 2 rings (SSSR count). The van der Waals surface area contributed by atoms with E-state index in [1.807, 2.05) is 6.07 Å². The Hall–Kier alpha value is -1.55. The number of hydrogen-bond acceptors (Lipinski definition) is 3. The molecule has 0 radical (unpaired) electrons. The molecule has 0 amide bonds. The third-order valence-electron chi connectivity index (χ3n) is 3.74. The minimum atomic E-state index is -0.747. The second-order valence-electron chi connectivity index (χ2n) is 4.98. The molecule has 0 aromatic heterocycles. The van der Waals surface area contributed by atoms with E-state index in [-0.39, 0.29) is 6.42 Å². The van der Waals surface area contributed by atoms with Gasteiger partial charge in [0.15, 0.2) is 0 Å². The molecular weight excluding hydrogens is 242 g/mol. The molecule has 0 spiro atoms. The average Bonchev–Trinajstić information content (AvgIpc) is 2.80. The second kappa shape index (κ2) is 6.57. The lowest BCUT2D eigenvalue weighted by Crippen LogP contribution is -2.20. The molecule has 1 aliphatic carbocycles. The van der Waals surface area contributed by atoms with E-state index in [0.717, 1.165) is 25.1 Å². The van der Waals surface area contributed by atoms with Crippen LogP contribution in [0, 0.1) is 0 Å². The number of hydrogen-bond donors (Lipinski definition) is 2. The Labute approximate surface area is 113 Å². The van der Waals surface area contributed by atoms with Crippen LogP contribution in [-0.4, -0.2) is 31.3 Å². The van der Waals surface area contributed by atoms with Crippen molar-refractivity contribution in [1.82, 2.24) is 5.32 Å². The lowest BCUT2D eigenvalue weighted by Gasteiger charge is -2.13. The Morgan fingerprint density at radius 1 is 1.47 bits per heavy atom. The molecule has 4 heteroatoms. The van der Waals surface area contributed by atoms with Crippen molar-refractivity contribution in [3.05, 3.63) is 29.3 Å². The molecule has 1 aromatic carbocycles. The highest BCUT2D eigenvalue weighted by Crippen LogP contribution is 2.37. The van der Waals surface area contributed by atoms with E-state index in [1.54, 1.807) is 7.11 Å². The molecule has 4 nitrogen and oxygen atoms in total. The molecule has 0 aliphatic heterocycles. The van der Waals surface area contributed by atoms with Crippen LogP contribution in [0.2, 0.25) is 0 Å². The third kappa shape index (κ3) is 3.70. The summed E-state index contributed by atoms with van der Waals surface area (Å²) < 4.78 is 5.28. The molecule has 1 aromatic rings. The van der Waals surface area contributed by atoms with Crippen molar-refractivity contribution >= 4 is 5.97 Å². The van der Waals surface area contributed by atoms with Gasteiger partial charge in [0, 0.05) is 6.54 Å². The largest absolute Gasteiger partial charge is 0.497 e. The summed E-state index contributed by atoms with van der Waals surface area (Å²) in [6.45, 7) is 1.42. The smallest absolute Gasteiger partial charge is 0.304 e. The van der Waals surface area contributed by atoms with Gasteiger partial charge in [0.05, 0.1) is 13.5 Å². The number of aliphatic carboxylic acids is 1. The van der Waals surface area contributed by atoms with Gasteiger partial charge in [-0.2, -0.15) is 0 Å². The summed E-state index contributed by atoms with van der Waals surface area (Å²) in [6, 6.07) is 6.32. The Morgan fingerprint density at radius 3 is 3.05 bits per heavy atom. The highest BCUT2D eigenvalue weighted by molar-refractivity contribution is 5.66. The van der Waals surface area contributed by atoms with Gasteiger partial charge in [-0.15, -0.1) is 0 Å². The van der Waals surface area contributed by atoms with Crippen LogP contribution in [0.5, 0.6) is 5.75 Å². The summed E-state index contributed by atoms with van der Waals surface area (Å²) >= 11 is 0. The number of carbonyl (C=O) groups is 1. The maximum atomic E-state index is 10.4. The summed E-state index contributed by atoms with van der Waals surface area (Å²) in [5.41, 5.74) is 2.83. The van der Waals surface area contributed by atoms with Crippen LogP contribution < -0.4 is 10.1 Å². The van der Waals surface area contributed by atoms with Crippen molar-refractivity contribution in [2.45, 2.75) is 31.6 Å². The first-order valence-electron chi connectivity index (χ1n) is 6.80. The molecule has 2 N–H and O–H groups in total. The van der Waals surface area contributed by atoms with E-state index >= 15 is 0 Å². The zero-order valence-corrected chi connectivity index (χ0v) is 11.3. The molecule has 1 atom stereocenters. The number of benzene rings is 1. The van der Waals surface area contributed by atoms with Crippen molar-refractivity contribution < 1.29 is 14.6 Å². The quantitative estimate of drug-likeness (QED) is 0.740. The van der Waals surface area contributed by atoms with E-state index in [4.69, 9.17) is 9.84 Å². The van der Waals surface area contributed by atoms with Crippen LogP contribution in [-0.2, 0) is 11.2 Å². The monoisotopic (exact) mass is 263 g/mol. The van der Waals surface area contributed by atoms with Crippen LogP contribution in [0.3, 0.4) is 0 Å². The average molecular weight is 263 g/mol. The summed E-state index contributed by atoms with van der Waals surface area (Å²) in [6.07, 6.45) is 3.57. The van der Waals surface area contributed by atoms with E-state index < -0.39 is 5.97 Å². The van der Waals surface area contributed by atoms with Crippen molar-refractivity contribution in [2.24, 2.45) is 0 Å². The van der Waals surface area contributed by atoms with Crippen LogP contribution in [0.15, 0.2) is 18.2 Å². The molecular formula is C15H21NO3. The zero-order valence-electron chi connectivity index (χ0n) is 11.3. The molecule has 1 aliphatic rings. The van der Waals surface area contributed by atoms with Crippen LogP contribution in [0.1, 0.15) is 36.3 Å². The molecule has 0 saturated carbocycles. The summed E-state index contributed by atoms with van der Waals surface area (Å²) in [5.74, 6) is 0.746. The minimum Gasteiger partial charge on any atom is -0.497 e. The number of rotatable bonds is 7. The third-order valence-corrected chi connectivity index (χ3v) is 3.74. The fraction of sp³-hybridized carbons (Fsp3) is 0.533. The number of fused-ring (bicyclic) bond motifs is 1. The summed E-state index contributed by atoms with van der Waals surface area (Å²) in [4.78, 5) is 10.4. The molecule has 0 saturated heterocycles. The predicted octanol–water partition coefficient (Wildman–Crippen LogP) is 2.18. The topological polar surface area (TPSA) is 58.6 Å². The number of aryl methyl sites for hydroxylation is 1. The van der Waals surface area contributed by atoms with Crippen LogP contribution in [0.25, 0.3) is 0 Å². The van der Waals surface area contributed by atoms with Crippen molar-refractivity contribution in [3.63, 3.8) is 0 Å². The van der Waals surface area contributed by atoms with Gasteiger partial charge in [0.1, 0.15) is 5.75 Å². The molecule has 0 fully saturated rings. The first kappa shape index (κ1) is 13.9. The number of carboxylic acids is 1. The Balaban J connectivity index is 1.82. The van der Waals surface area contributed by atoms with Gasteiger partial charge in [-0.25, -0.2) is 0 Å². The van der Waals surface area contributed by atoms with Gasteiger partial charge in [-0.3, -0.25) is 4.79 Å². The van der Waals surface area contributed by atoms with Crippen molar-refractivity contribution in [2.75, 3.05) is 20.2 Å². The van der Waals surface area contributed by atoms with Gasteiger partial charge in [-0.05, 0) is 55.0 Å². The van der Waals surface area contributed by atoms with Gasteiger partial charge in [0.2, 0.25) is 0 Å². The maximum Gasteiger partial charge on any atom is 0.304 e. The molecule has 0 bridgehead atoms. The Kier molecular flexibility index (Phi) is 4.80. The first-order valence-corrected chi connectivity index (χ1v) is 6.80. The first-order chi connectivity index (χ1) is 9.20. The number of methoxy groups -OCH3 is 1. The standard InChI is InChI=1S/C15H21NO3/c1-19-13-5-4-11-2-3-12(14(11)10-13)6-8-16-9-7-15(17)18/h4-5,10,12,16H,2-3,6-9H2,1H3,(H,17,18). The van der Waals surface area contributed by atoms with E-state index in [1.165, 1.54) is 17.5 Å². The minimum absolute atomic E-state index is 0.190. The van der Waals surface area contributed by atoms with Gasteiger partial charge in [-0.1, -0.05) is 6.07 Å². The van der Waals surface area contributed by atoms with Gasteiger partial charge < -0.3 is 15.2 Å². The zero-order chi connectivity index (χ0) is 13.7. The Bertz CT molecular complexity index is 445. The fourth-order valence-corrected chi connectivity index (χ4v) is 2.69. The molecule has 19 heavy (non-hydrogen) atoms. The Morgan fingerprint density at radius 2 is 2.32 bits per heavy atom. The molecule has 0 heterocycles. The van der Waals surface area contributed by atoms with E-state index in [2.05, 4.69) is 17.4 Å². The maximum absolute atomic E-state index is 10.4. The molecule has 1 unspecified atom stereocenters. The molecule has 104 valence electrons. The highest BCUT2D eigenvalue weighted by Gasteiger charge is 2.22. The van der Waals surface area contributed by atoms with Crippen molar-refractivity contribution in [3.8, 4) is 5.75 Å². The van der Waals surface area contributed by atoms with Crippen molar-refractivity contribution in [1.29, 1.82) is 0 Å². The van der Waals surface area contributed by atoms with Gasteiger partial charge >= 0.3 is 5.97 Å².